The van der Waals surface area contributed by atoms with E-state index in [9.17, 15) is 18.3 Å². The van der Waals surface area contributed by atoms with Gasteiger partial charge in [-0.3, -0.25) is 8.98 Å². The number of aryl methyl sites for hydroxylation is 1. The van der Waals surface area contributed by atoms with Crippen molar-refractivity contribution >= 4 is 22.0 Å². The maximum Gasteiger partial charge on any atom is 0.308 e. The third kappa shape index (κ3) is 5.05. The molecule has 0 radical (unpaired) electrons. The molecule has 0 bridgehead atoms. The second-order valence-electron chi connectivity index (χ2n) is 6.95. The Morgan fingerprint density at radius 3 is 2.60 bits per heavy atom. The molecule has 3 rings (SSSR count). The van der Waals surface area contributed by atoms with E-state index >= 15 is 0 Å². The predicted octanol–water partition coefficient (Wildman–Crippen LogP) is 2.14. The molecule has 1 aliphatic rings. The van der Waals surface area contributed by atoms with Gasteiger partial charge in [0.05, 0.1) is 11.5 Å². The van der Waals surface area contributed by atoms with Crippen molar-refractivity contribution in [2.75, 3.05) is 13.2 Å². The molecule has 1 unspecified atom stereocenters. The van der Waals surface area contributed by atoms with E-state index < -0.39 is 34.8 Å². The van der Waals surface area contributed by atoms with Gasteiger partial charge in [-0.25, -0.2) is 4.99 Å². The second kappa shape index (κ2) is 8.95. The summed E-state index contributed by atoms with van der Waals surface area (Å²) in [5.41, 5.74) is 2.21. The van der Waals surface area contributed by atoms with Crippen LogP contribution in [0.4, 0.5) is 0 Å². The standard InChI is InChI=1S/C21H23NO7S/c1-13-7-9-16(10-8-13)30(25,26)28-12-19(24)18-11-27-21(22-18)17-5-4-6-20(14(17)2)29-15(3)23/h4-10,18-19,24H,11-12H2,1-3H3/t18-,19?/m0/s1. The summed E-state index contributed by atoms with van der Waals surface area (Å²) in [5.74, 6) is 0.236. The first-order valence-electron chi connectivity index (χ1n) is 9.30. The lowest BCUT2D eigenvalue weighted by molar-refractivity contribution is -0.131. The van der Waals surface area contributed by atoms with Crippen LogP contribution in [0.2, 0.25) is 0 Å². The van der Waals surface area contributed by atoms with Crippen molar-refractivity contribution < 1.29 is 32.0 Å². The summed E-state index contributed by atoms with van der Waals surface area (Å²) in [6.45, 7) is 4.54. The number of aliphatic imine (C=N–C) groups is 1. The summed E-state index contributed by atoms with van der Waals surface area (Å²) in [6.07, 6.45) is -1.18. The Morgan fingerprint density at radius 2 is 1.93 bits per heavy atom. The molecule has 9 heteroatoms. The molecule has 8 nitrogen and oxygen atoms in total. The molecule has 0 saturated carbocycles. The third-order valence-corrected chi connectivity index (χ3v) is 5.89. The number of aliphatic hydroxyl groups excluding tert-OH is 1. The number of carbonyl (C=O) groups excluding carboxylic acids is 1. The SMILES string of the molecule is CC(=O)Oc1cccc(C2=N[C@H](C(O)COS(=O)(=O)c3ccc(C)cc3)CO2)c1C. The van der Waals surface area contributed by atoms with E-state index in [1.165, 1.54) is 19.1 Å². The monoisotopic (exact) mass is 433 g/mol. The van der Waals surface area contributed by atoms with Gasteiger partial charge < -0.3 is 14.6 Å². The number of hydrogen-bond acceptors (Lipinski definition) is 8. The molecule has 30 heavy (non-hydrogen) atoms. The molecule has 0 amide bonds. The van der Waals surface area contributed by atoms with Crippen LogP contribution in [0.25, 0.3) is 0 Å². The zero-order valence-corrected chi connectivity index (χ0v) is 17.7. The minimum Gasteiger partial charge on any atom is -0.475 e. The van der Waals surface area contributed by atoms with Gasteiger partial charge in [0.15, 0.2) is 0 Å². The Morgan fingerprint density at radius 1 is 1.23 bits per heavy atom. The van der Waals surface area contributed by atoms with Crippen LogP contribution in [0, 0.1) is 13.8 Å². The zero-order chi connectivity index (χ0) is 21.9. The minimum absolute atomic E-state index is 0.0186. The fourth-order valence-corrected chi connectivity index (χ4v) is 3.81. The van der Waals surface area contributed by atoms with E-state index in [2.05, 4.69) is 4.99 Å². The van der Waals surface area contributed by atoms with Crippen LogP contribution in [0.1, 0.15) is 23.6 Å². The van der Waals surface area contributed by atoms with Crippen LogP contribution >= 0.6 is 0 Å². The molecule has 0 fully saturated rings. The van der Waals surface area contributed by atoms with E-state index in [-0.39, 0.29) is 17.4 Å². The van der Waals surface area contributed by atoms with Crippen molar-refractivity contribution in [1.29, 1.82) is 0 Å². The van der Waals surface area contributed by atoms with Gasteiger partial charge in [-0.05, 0) is 38.1 Å². The number of aliphatic hydroxyl groups is 1. The zero-order valence-electron chi connectivity index (χ0n) is 16.9. The summed E-state index contributed by atoms with van der Waals surface area (Å²) < 4.78 is 40.3. The number of nitrogens with zero attached hydrogens (tertiary/aromatic N) is 1. The maximum atomic E-state index is 12.3. The average molecular weight is 433 g/mol. The normalized spacial score (nSPS) is 17.2. The second-order valence-corrected chi connectivity index (χ2v) is 8.57. The Balaban J connectivity index is 1.68. The molecule has 1 N–H and O–H groups in total. The van der Waals surface area contributed by atoms with Gasteiger partial charge in [0.1, 0.15) is 24.5 Å². The van der Waals surface area contributed by atoms with Crippen molar-refractivity contribution in [3.63, 3.8) is 0 Å². The topological polar surface area (TPSA) is 111 Å². The highest BCUT2D eigenvalue weighted by atomic mass is 32.2. The largest absolute Gasteiger partial charge is 0.475 e. The lowest BCUT2D eigenvalue weighted by Gasteiger charge is -2.14. The van der Waals surface area contributed by atoms with Crippen LogP contribution in [0.3, 0.4) is 0 Å². The van der Waals surface area contributed by atoms with Crippen LogP contribution in [0.15, 0.2) is 52.4 Å². The molecule has 0 aromatic heterocycles. The maximum absolute atomic E-state index is 12.3. The third-order valence-electron chi connectivity index (χ3n) is 4.59. The number of rotatable bonds is 7. The summed E-state index contributed by atoms with van der Waals surface area (Å²) in [4.78, 5) is 15.6. The average Bonchev–Trinajstić information content (AvgIpc) is 3.18. The first-order chi connectivity index (χ1) is 14.2. The molecular weight excluding hydrogens is 410 g/mol. The number of hydrogen-bond donors (Lipinski definition) is 1. The van der Waals surface area contributed by atoms with Crippen molar-refractivity contribution in [3.8, 4) is 5.75 Å². The van der Waals surface area contributed by atoms with Crippen LogP contribution in [-0.4, -0.2) is 50.8 Å². The van der Waals surface area contributed by atoms with Crippen LogP contribution < -0.4 is 4.74 Å². The number of carbonyl (C=O) groups is 1. The Hall–Kier alpha value is -2.75. The smallest absolute Gasteiger partial charge is 0.308 e. The Labute approximate surface area is 175 Å². The molecule has 2 aromatic rings. The fraction of sp³-hybridized carbons (Fsp3) is 0.333. The summed E-state index contributed by atoms with van der Waals surface area (Å²) in [5, 5.41) is 10.4. The molecular formula is C21H23NO7S. The first kappa shape index (κ1) is 21.9. The summed E-state index contributed by atoms with van der Waals surface area (Å²) >= 11 is 0. The Bertz CT molecular complexity index is 1060. The van der Waals surface area contributed by atoms with Crippen LogP contribution in [-0.2, 0) is 23.8 Å². The lowest BCUT2D eigenvalue weighted by atomic mass is 10.1. The fourth-order valence-electron chi connectivity index (χ4n) is 2.89. The van der Waals surface area contributed by atoms with Gasteiger partial charge in [0, 0.05) is 18.1 Å². The number of esters is 1. The van der Waals surface area contributed by atoms with E-state index in [1.54, 1.807) is 37.3 Å². The van der Waals surface area contributed by atoms with Gasteiger partial charge in [-0.2, -0.15) is 8.42 Å². The van der Waals surface area contributed by atoms with Crippen molar-refractivity contribution in [3.05, 3.63) is 59.2 Å². The molecule has 0 spiro atoms. The number of ether oxygens (including phenoxy) is 2. The van der Waals surface area contributed by atoms with E-state index in [0.29, 0.717) is 16.9 Å². The molecule has 0 saturated heterocycles. The molecule has 160 valence electrons. The molecule has 2 aromatic carbocycles. The van der Waals surface area contributed by atoms with E-state index in [0.717, 1.165) is 5.56 Å². The number of benzene rings is 2. The van der Waals surface area contributed by atoms with Crippen molar-refractivity contribution in [2.45, 2.75) is 37.8 Å². The highest BCUT2D eigenvalue weighted by Crippen LogP contribution is 2.25. The highest BCUT2D eigenvalue weighted by Gasteiger charge is 2.30. The molecule has 2 atom stereocenters. The van der Waals surface area contributed by atoms with Gasteiger partial charge in [-0.1, -0.05) is 23.8 Å². The Kier molecular flexibility index (Phi) is 6.55. The summed E-state index contributed by atoms with van der Waals surface area (Å²) in [7, 11) is -3.99. The molecule has 0 aliphatic carbocycles. The van der Waals surface area contributed by atoms with Crippen LogP contribution in [0.5, 0.6) is 5.75 Å². The van der Waals surface area contributed by atoms with E-state index in [4.69, 9.17) is 13.7 Å². The van der Waals surface area contributed by atoms with Crippen molar-refractivity contribution in [2.24, 2.45) is 4.99 Å². The highest BCUT2D eigenvalue weighted by molar-refractivity contribution is 7.86. The van der Waals surface area contributed by atoms with E-state index in [1.807, 2.05) is 6.92 Å². The molecule has 1 heterocycles. The van der Waals surface area contributed by atoms with Gasteiger partial charge in [0.2, 0.25) is 5.90 Å². The summed E-state index contributed by atoms with van der Waals surface area (Å²) in [6, 6.07) is 10.7. The minimum atomic E-state index is -3.99. The van der Waals surface area contributed by atoms with Gasteiger partial charge in [0.25, 0.3) is 10.1 Å². The lowest BCUT2D eigenvalue weighted by Crippen LogP contribution is -2.31. The molecule has 1 aliphatic heterocycles. The first-order valence-corrected chi connectivity index (χ1v) is 10.7. The van der Waals surface area contributed by atoms with Crippen molar-refractivity contribution in [1.82, 2.24) is 0 Å². The predicted molar refractivity (Wildman–Crippen MR) is 109 cm³/mol. The van der Waals surface area contributed by atoms with Gasteiger partial charge in [-0.15, -0.1) is 0 Å². The van der Waals surface area contributed by atoms with Gasteiger partial charge >= 0.3 is 5.97 Å². The quantitative estimate of drug-likeness (QED) is 0.404.